The minimum Gasteiger partial charge on any atom is -0.332 e. The van der Waals surface area contributed by atoms with Crippen LogP contribution < -0.4 is 5.32 Å². The first kappa shape index (κ1) is 16.5. The zero-order valence-corrected chi connectivity index (χ0v) is 17.0. The van der Waals surface area contributed by atoms with E-state index in [1.165, 1.54) is 11.8 Å². The van der Waals surface area contributed by atoms with Crippen LogP contribution in [0.3, 0.4) is 0 Å². The Labute approximate surface area is 156 Å². The Hall–Kier alpha value is -0.980. The molecule has 1 fully saturated rings. The molecule has 0 saturated carbocycles. The second kappa shape index (κ2) is 6.39. The van der Waals surface area contributed by atoms with E-state index < -0.39 is 0 Å². The van der Waals surface area contributed by atoms with Crippen LogP contribution in [0, 0.1) is 5.92 Å². The molecule has 1 aliphatic heterocycles. The lowest BCUT2D eigenvalue weighted by Gasteiger charge is -2.17. The lowest BCUT2D eigenvalue weighted by Crippen LogP contribution is -2.31. The molecule has 0 aliphatic carbocycles. The van der Waals surface area contributed by atoms with E-state index in [2.05, 4.69) is 75.4 Å². The third-order valence-electron chi connectivity index (χ3n) is 4.73. The van der Waals surface area contributed by atoms with Crippen LogP contribution in [0.4, 0.5) is 0 Å². The van der Waals surface area contributed by atoms with Crippen molar-refractivity contribution < 1.29 is 0 Å². The summed E-state index contributed by atoms with van der Waals surface area (Å²) in [5.41, 5.74) is 3.59. The molecule has 5 nitrogen and oxygen atoms in total. The highest BCUT2D eigenvalue weighted by Crippen LogP contribution is 2.29. The van der Waals surface area contributed by atoms with E-state index in [4.69, 9.17) is 4.98 Å². The highest BCUT2D eigenvalue weighted by Gasteiger charge is 2.30. The summed E-state index contributed by atoms with van der Waals surface area (Å²) in [6, 6.07) is 4.39. The Balaban J connectivity index is 1.59. The number of aromatic nitrogens is 4. The summed E-state index contributed by atoms with van der Waals surface area (Å²) in [5.74, 6) is 0.667. The summed E-state index contributed by atoms with van der Waals surface area (Å²) in [4.78, 5) is 4.74. The molecule has 3 aromatic rings. The fourth-order valence-electron chi connectivity index (χ4n) is 3.60. The molecule has 126 valence electrons. The van der Waals surface area contributed by atoms with Crippen molar-refractivity contribution in [2.24, 2.45) is 5.92 Å². The molecule has 2 unspecified atom stereocenters. The third kappa shape index (κ3) is 3.24. The van der Waals surface area contributed by atoms with Gasteiger partial charge in [0.2, 0.25) is 0 Å². The lowest BCUT2D eigenvalue weighted by molar-refractivity contribution is 0.421. The zero-order chi connectivity index (χ0) is 16.7. The molecule has 24 heavy (non-hydrogen) atoms. The van der Waals surface area contributed by atoms with Gasteiger partial charge in [-0.05, 0) is 60.4 Å². The molecule has 0 amide bonds. The normalized spacial score (nSPS) is 20.5. The molecule has 1 N–H and O–H groups in total. The lowest BCUT2D eigenvalue weighted by atomic mass is 9.97. The second-order valence-electron chi connectivity index (χ2n) is 7.20. The van der Waals surface area contributed by atoms with Crippen molar-refractivity contribution in [3.8, 4) is 11.1 Å². The average Bonchev–Trinajstić information content (AvgIpc) is 3.26. The number of halogens is 1. The van der Waals surface area contributed by atoms with Crippen molar-refractivity contribution in [2.45, 2.75) is 32.4 Å². The maximum atomic E-state index is 4.74. The van der Waals surface area contributed by atoms with Crippen LogP contribution in [0.5, 0.6) is 0 Å². The van der Waals surface area contributed by atoms with Gasteiger partial charge in [0.25, 0.3) is 0 Å². The number of hydrogen-bond donors (Lipinski definition) is 1. The van der Waals surface area contributed by atoms with Gasteiger partial charge < -0.3 is 9.88 Å². The Bertz CT molecular complexity index is 869. The molecule has 0 radical (unpaired) electrons. The number of nitrogens with one attached hydrogen (secondary N) is 1. The van der Waals surface area contributed by atoms with E-state index in [-0.39, 0.29) is 5.54 Å². The Kier molecular flexibility index (Phi) is 4.39. The van der Waals surface area contributed by atoms with Crippen molar-refractivity contribution in [2.75, 3.05) is 6.54 Å². The van der Waals surface area contributed by atoms with Crippen molar-refractivity contribution in [3.63, 3.8) is 0 Å². The summed E-state index contributed by atoms with van der Waals surface area (Å²) >= 11 is 2.33. The van der Waals surface area contributed by atoms with Crippen molar-refractivity contribution in [1.82, 2.24) is 24.4 Å². The minimum atomic E-state index is 0.258. The molecule has 0 spiro atoms. The molecular weight excluding hydrogens is 432 g/mol. The Morgan fingerprint density at radius 2 is 2.25 bits per heavy atom. The molecule has 0 bridgehead atoms. The van der Waals surface area contributed by atoms with Gasteiger partial charge in [-0.25, -0.2) is 9.44 Å². The first-order valence-electron chi connectivity index (χ1n) is 8.16. The second-order valence-corrected chi connectivity index (χ2v) is 9.27. The van der Waals surface area contributed by atoms with Gasteiger partial charge in [-0.1, -0.05) is 0 Å². The summed E-state index contributed by atoms with van der Waals surface area (Å²) in [5, 5.41) is 9.16. The van der Waals surface area contributed by atoms with E-state index in [0.717, 1.165) is 29.9 Å². The monoisotopic (exact) mass is 453 g/mol. The summed E-state index contributed by atoms with van der Waals surface area (Å²) in [6.45, 7) is 6.67. The number of rotatable bonds is 4. The van der Waals surface area contributed by atoms with Gasteiger partial charge in [-0.3, -0.25) is 0 Å². The largest absolute Gasteiger partial charge is 0.332 e. The topological polar surface area (TPSA) is 47.7 Å². The fourth-order valence-corrected chi connectivity index (χ4v) is 4.68. The van der Waals surface area contributed by atoms with E-state index in [0.29, 0.717) is 12.3 Å². The molecule has 2 atom stereocenters. The van der Waals surface area contributed by atoms with Gasteiger partial charge in [-0.2, -0.15) is 5.10 Å². The number of pyridine rings is 1. The quantitative estimate of drug-likeness (QED) is 0.479. The van der Waals surface area contributed by atoms with Gasteiger partial charge >= 0.3 is 0 Å². The summed E-state index contributed by atoms with van der Waals surface area (Å²) in [7, 11) is 0. The number of hydrogen-bond acceptors (Lipinski definition) is 3. The molecule has 4 rings (SSSR count). The van der Waals surface area contributed by atoms with Crippen LogP contribution in [0.1, 0.15) is 20.3 Å². The van der Waals surface area contributed by atoms with E-state index in [1.54, 1.807) is 0 Å². The first-order valence-corrected chi connectivity index (χ1v) is 12.2. The van der Waals surface area contributed by atoms with Crippen molar-refractivity contribution >= 4 is 39.4 Å². The molecule has 0 aromatic carbocycles. The fraction of sp³-hybridized carbons (Fsp3) is 0.412. The molecular formula is C17H21IN5P. The molecule has 3 aromatic heterocycles. The Morgan fingerprint density at radius 1 is 1.38 bits per heavy atom. The minimum absolute atomic E-state index is 0.258. The maximum absolute atomic E-state index is 4.74. The average molecular weight is 453 g/mol. The zero-order valence-electron chi connectivity index (χ0n) is 13.8. The Morgan fingerprint density at radius 3 is 2.96 bits per heavy atom. The SMILES string of the molecule is CC1(C)CC(Cn2ccc3cc(-c4cnn(PI)c4)cnc32)CN1. The number of fused-ring (bicyclic) bond motifs is 1. The van der Waals surface area contributed by atoms with Crippen LogP contribution in [-0.4, -0.2) is 31.2 Å². The van der Waals surface area contributed by atoms with Crippen LogP contribution in [0.2, 0.25) is 0 Å². The highest BCUT2D eigenvalue weighted by molar-refractivity contribution is 14.2. The van der Waals surface area contributed by atoms with Gasteiger partial charge in [0.15, 0.2) is 0 Å². The van der Waals surface area contributed by atoms with Crippen molar-refractivity contribution in [3.05, 3.63) is 36.9 Å². The van der Waals surface area contributed by atoms with E-state index >= 15 is 0 Å². The first-order chi connectivity index (χ1) is 11.5. The maximum Gasteiger partial charge on any atom is 0.139 e. The third-order valence-corrected chi connectivity index (χ3v) is 6.63. The molecule has 4 heterocycles. The molecule has 1 saturated heterocycles. The summed E-state index contributed by atoms with van der Waals surface area (Å²) in [6.07, 6.45) is 9.96. The molecule has 1 aliphatic rings. The smallest absolute Gasteiger partial charge is 0.139 e. The van der Waals surface area contributed by atoms with Gasteiger partial charge in [0, 0.05) is 53.7 Å². The predicted octanol–water partition coefficient (Wildman–Crippen LogP) is 4.08. The van der Waals surface area contributed by atoms with Crippen LogP contribution >= 0.6 is 28.4 Å². The highest BCUT2D eigenvalue weighted by atomic mass is 127. The van der Waals surface area contributed by atoms with Crippen LogP contribution in [0.25, 0.3) is 22.2 Å². The predicted molar refractivity (Wildman–Crippen MR) is 109 cm³/mol. The standard InChI is InChI=1S/C17H21IN5P/c1-17(2)6-12(7-20-17)10-22-4-3-13-5-14(8-19-16(13)22)15-9-21-23(11-15)24-18/h3-5,8-9,11-12,20,24H,6-7,10H2,1-2H3. The molecule has 7 heteroatoms. The number of nitrogens with zero attached hydrogens (tertiary/aromatic N) is 4. The van der Waals surface area contributed by atoms with Gasteiger partial charge in [-0.15, -0.1) is 0 Å². The summed E-state index contributed by atoms with van der Waals surface area (Å²) < 4.78 is 4.25. The van der Waals surface area contributed by atoms with Gasteiger partial charge in [0.1, 0.15) is 5.65 Å². The van der Waals surface area contributed by atoms with E-state index in [1.807, 2.05) is 16.8 Å². The van der Waals surface area contributed by atoms with Gasteiger partial charge in [0.05, 0.1) is 12.6 Å². The van der Waals surface area contributed by atoms with Crippen LogP contribution in [0.15, 0.2) is 36.9 Å². The van der Waals surface area contributed by atoms with Crippen LogP contribution in [-0.2, 0) is 6.54 Å². The van der Waals surface area contributed by atoms with E-state index in [9.17, 15) is 0 Å². The van der Waals surface area contributed by atoms with Crippen molar-refractivity contribution in [1.29, 1.82) is 0 Å².